The number of pyridine rings is 1. The molecule has 2 aromatic carbocycles. The summed E-state index contributed by atoms with van der Waals surface area (Å²) in [5.74, 6) is -1.00. The lowest BCUT2D eigenvalue weighted by Crippen LogP contribution is -2.36. The average molecular weight is 412 g/mol. The molecule has 7 heteroatoms. The number of aromatic nitrogens is 1. The second-order valence-electron chi connectivity index (χ2n) is 6.67. The first-order valence-electron chi connectivity index (χ1n) is 9.12. The molecule has 1 aromatic heterocycles. The van der Waals surface area contributed by atoms with Gasteiger partial charge in [-0.05, 0) is 60.9 Å². The first-order valence-corrected chi connectivity index (χ1v) is 10.6. The quantitative estimate of drug-likeness (QED) is 0.562. The summed E-state index contributed by atoms with van der Waals surface area (Å²) in [6.45, 7) is 1.30. The molecule has 0 N–H and O–H groups in total. The maximum atomic E-state index is 14.5. The fourth-order valence-corrected chi connectivity index (χ4v) is 4.37. The molecule has 150 valence electrons. The molecule has 0 spiro atoms. The second kappa shape index (κ2) is 8.96. The lowest BCUT2D eigenvalue weighted by atomic mass is 10.1. The summed E-state index contributed by atoms with van der Waals surface area (Å²) in [6, 6.07) is 15.5. The van der Waals surface area contributed by atoms with Crippen LogP contribution >= 0.6 is 0 Å². The summed E-state index contributed by atoms with van der Waals surface area (Å²) in [5, 5.41) is 0. The maximum Gasteiger partial charge on any atom is 0.264 e. The van der Waals surface area contributed by atoms with E-state index in [0.717, 1.165) is 9.87 Å². The van der Waals surface area contributed by atoms with Crippen molar-refractivity contribution in [3.8, 4) is 0 Å². The van der Waals surface area contributed by atoms with Gasteiger partial charge in [0.2, 0.25) is 0 Å². The van der Waals surface area contributed by atoms with Crippen molar-refractivity contribution in [1.29, 1.82) is 0 Å². The molecule has 0 radical (unpaired) electrons. The molecule has 0 amide bonds. The molecule has 0 bridgehead atoms. The zero-order chi connectivity index (χ0) is 20.9. The minimum Gasteiger partial charge on any atom is -0.298 e. The van der Waals surface area contributed by atoms with Crippen molar-refractivity contribution < 1.29 is 17.6 Å². The van der Waals surface area contributed by atoms with Crippen molar-refractivity contribution in [1.82, 2.24) is 4.98 Å². The van der Waals surface area contributed by atoms with Gasteiger partial charge in [-0.25, -0.2) is 12.8 Å². The van der Waals surface area contributed by atoms with E-state index < -0.39 is 22.4 Å². The molecule has 0 saturated carbocycles. The SMILES string of the molecule is Cc1ccc(F)c(N(CC(=O)CCc2ccncc2)S(=O)(=O)c2ccccc2)c1. The molecule has 3 aromatic rings. The summed E-state index contributed by atoms with van der Waals surface area (Å²) in [6.07, 6.45) is 3.86. The van der Waals surface area contributed by atoms with Crippen molar-refractivity contribution in [2.24, 2.45) is 0 Å². The standard InChI is InChI=1S/C22H21FN2O3S/c1-17-7-10-21(23)22(15-17)25(29(27,28)20-5-3-2-4-6-20)16-19(26)9-8-18-11-13-24-14-12-18/h2-7,10-15H,8-9,16H2,1H3. The van der Waals surface area contributed by atoms with Crippen LogP contribution in [0, 0.1) is 12.7 Å². The Morgan fingerprint density at radius 3 is 2.41 bits per heavy atom. The van der Waals surface area contributed by atoms with Gasteiger partial charge in [0, 0.05) is 18.8 Å². The minimum absolute atomic E-state index is 0.00263. The van der Waals surface area contributed by atoms with Crippen LogP contribution in [0.25, 0.3) is 0 Å². The Morgan fingerprint density at radius 2 is 1.72 bits per heavy atom. The smallest absolute Gasteiger partial charge is 0.264 e. The molecule has 0 aliphatic carbocycles. The third-order valence-electron chi connectivity index (χ3n) is 4.46. The predicted molar refractivity (Wildman–Crippen MR) is 110 cm³/mol. The van der Waals surface area contributed by atoms with E-state index in [9.17, 15) is 17.6 Å². The van der Waals surface area contributed by atoms with Crippen LogP contribution in [0.15, 0.2) is 78.0 Å². The van der Waals surface area contributed by atoms with E-state index in [2.05, 4.69) is 4.98 Å². The highest BCUT2D eigenvalue weighted by atomic mass is 32.2. The van der Waals surface area contributed by atoms with E-state index in [4.69, 9.17) is 0 Å². The largest absolute Gasteiger partial charge is 0.298 e. The number of benzene rings is 2. The number of carbonyl (C=O) groups excluding carboxylic acids is 1. The van der Waals surface area contributed by atoms with Crippen LogP contribution < -0.4 is 4.31 Å². The summed E-state index contributed by atoms with van der Waals surface area (Å²) < 4.78 is 41.8. The normalized spacial score (nSPS) is 11.2. The number of aryl methyl sites for hydroxylation is 2. The van der Waals surface area contributed by atoms with Crippen LogP contribution in [0.4, 0.5) is 10.1 Å². The van der Waals surface area contributed by atoms with Crippen LogP contribution in [-0.2, 0) is 21.2 Å². The van der Waals surface area contributed by atoms with Crippen molar-refractivity contribution in [3.63, 3.8) is 0 Å². The number of carbonyl (C=O) groups is 1. The van der Waals surface area contributed by atoms with Gasteiger partial charge in [0.15, 0.2) is 5.78 Å². The first kappa shape index (κ1) is 20.7. The van der Waals surface area contributed by atoms with E-state index in [1.807, 2.05) is 0 Å². The molecular weight excluding hydrogens is 391 g/mol. The average Bonchev–Trinajstić information content (AvgIpc) is 2.73. The summed E-state index contributed by atoms with van der Waals surface area (Å²) >= 11 is 0. The molecule has 1 heterocycles. The number of ketones is 1. The van der Waals surface area contributed by atoms with Crippen molar-refractivity contribution >= 4 is 21.5 Å². The summed E-state index contributed by atoms with van der Waals surface area (Å²) in [7, 11) is -4.11. The summed E-state index contributed by atoms with van der Waals surface area (Å²) in [4.78, 5) is 16.6. The Kier molecular flexibility index (Phi) is 6.39. The monoisotopic (exact) mass is 412 g/mol. The maximum absolute atomic E-state index is 14.5. The van der Waals surface area contributed by atoms with Crippen molar-refractivity contribution in [2.75, 3.05) is 10.8 Å². The van der Waals surface area contributed by atoms with E-state index in [1.54, 1.807) is 55.7 Å². The number of anilines is 1. The third kappa shape index (κ3) is 5.06. The number of Topliss-reactive ketones (excluding diaryl/α,β-unsaturated/α-hetero) is 1. The Hall–Kier alpha value is -3.06. The molecule has 29 heavy (non-hydrogen) atoms. The Balaban J connectivity index is 1.91. The van der Waals surface area contributed by atoms with Crippen LogP contribution in [0.5, 0.6) is 0 Å². The van der Waals surface area contributed by atoms with E-state index in [1.165, 1.54) is 24.3 Å². The van der Waals surface area contributed by atoms with Crippen LogP contribution in [0.1, 0.15) is 17.5 Å². The second-order valence-corrected chi connectivity index (χ2v) is 8.54. The van der Waals surface area contributed by atoms with Crippen LogP contribution in [-0.4, -0.2) is 25.7 Å². The van der Waals surface area contributed by atoms with Gasteiger partial charge in [-0.3, -0.25) is 14.1 Å². The van der Waals surface area contributed by atoms with Gasteiger partial charge in [-0.15, -0.1) is 0 Å². The van der Waals surface area contributed by atoms with Gasteiger partial charge in [-0.1, -0.05) is 24.3 Å². The highest BCUT2D eigenvalue weighted by Gasteiger charge is 2.29. The highest BCUT2D eigenvalue weighted by Crippen LogP contribution is 2.27. The number of hydrogen-bond acceptors (Lipinski definition) is 4. The number of hydrogen-bond donors (Lipinski definition) is 0. The molecule has 5 nitrogen and oxygen atoms in total. The number of halogens is 1. The molecule has 0 aliphatic heterocycles. The lowest BCUT2D eigenvalue weighted by Gasteiger charge is -2.24. The van der Waals surface area contributed by atoms with Gasteiger partial charge >= 0.3 is 0 Å². The molecule has 0 unspecified atom stereocenters. The zero-order valence-corrected chi connectivity index (χ0v) is 16.8. The van der Waals surface area contributed by atoms with Gasteiger partial charge in [0.25, 0.3) is 10.0 Å². The summed E-state index contributed by atoms with van der Waals surface area (Å²) in [5.41, 5.74) is 1.48. The van der Waals surface area contributed by atoms with Gasteiger partial charge < -0.3 is 0 Å². The van der Waals surface area contributed by atoms with Crippen molar-refractivity contribution in [2.45, 2.75) is 24.7 Å². The Bertz CT molecular complexity index is 1090. The number of sulfonamides is 1. The van der Waals surface area contributed by atoms with Gasteiger partial charge in [-0.2, -0.15) is 0 Å². The molecule has 0 atom stereocenters. The van der Waals surface area contributed by atoms with E-state index in [-0.39, 0.29) is 22.8 Å². The Labute approximate surface area is 169 Å². The topological polar surface area (TPSA) is 67.3 Å². The fraction of sp³-hybridized carbons (Fsp3) is 0.182. The van der Waals surface area contributed by atoms with Crippen molar-refractivity contribution in [3.05, 3.63) is 90.0 Å². The van der Waals surface area contributed by atoms with Crippen LogP contribution in [0.2, 0.25) is 0 Å². The molecular formula is C22H21FN2O3S. The highest BCUT2D eigenvalue weighted by molar-refractivity contribution is 7.92. The molecule has 0 saturated heterocycles. The predicted octanol–water partition coefficient (Wildman–Crippen LogP) is 3.93. The lowest BCUT2D eigenvalue weighted by molar-refractivity contribution is -0.117. The van der Waals surface area contributed by atoms with Gasteiger partial charge in [0.1, 0.15) is 5.82 Å². The number of nitrogens with zero attached hydrogens (tertiary/aromatic N) is 2. The van der Waals surface area contributed by atoms with Crippen LogP contribution in [0.3, 0.4) is 0 Å². The fourth-order valence-electron chi connectivity index (χ4n) is 2.91. The number of rotatable bonds is 8. The Morgan fingerprint density at radius 1 is 1.03 bits per heavy atom. The zero-order valence-electron chi connectivity index (χ0n) is 16.0. The molecule has 3 rings (SSSR count). The van der Waals surface area contributed by atoms with E-state index in [0.29, 0.717) is 12.0 Å². The van der Waals surface area contributed by atoms with Gasteiger partial charge in [0.05, 0.1) is 17.1 Å². The minimum atomic E-state index is -4.11. The third-order valence-corrected chi connectivity index (χ3v) is 6.24. The molecule has 0 fully saturated rings. The first-order chi connectivity index (χ1) is 13.9. The molecule has 0 aliphatic rings. The van der Waals surface area contributed by atoms with E-state index >= 15 is 0 Å².